The summed E-state index contributed by atoms with van der Waals surface area (Å²) >= 11 is 0. The lowest BCUT2D eigenvalue weighted by molar-refractivity contribution is 0.723. The molecule has 0 fully saturated rings. The van der Waals surface area contributed by atoms with Crippen molar-refractivity contribution >= 4 is 6.08 Å². The van der Waals surface area contributed by atoms with Crippen molar-refractivity contribution in [2.24, 2.45) is 0 Å². The van der Waals surface area contributed by atoms with Crippen LogP contribution in [-0.4, -0.2) is 6.54 Å². The monoisotopic (exact) mass is 247 g/mol. The van der Waals surface area contributed by atoms with Crippen molar-refractivity contribution < 1.29 is 0 Å². The van der Waals surface area contributed by atoms with E-state index in [0.29, 0.717) is 0 Å². The first-order valence-corrected chi connectivity index (χ1v) is 7.16. The third-order valence-corrected chi connectivity index (χ3v) is 2.80. The number of hydrogen-bond donors (Lipinski definition) is 1. The van der Waals surface area contributed by atoms with Crippen molar-refractivity contribution in [3.63, 3.8) is 0 Å². The van der Waals surface area contributed by atoms with E-state index >= 15 is 0 Å². The minimum atomic E-state index is 0.969. The minimum Gasteiger partial charge on any atom is -0.313 e. The Morgan fingerprint density at radius 1 is 1.11 bits per heavy atom. The lowest BCUT2D eigenvalue weighted by Crippen LogP contribution is -2.13. The molecule has 0 saturated carbocycles. The maximum absolute atomic E-state index is 3.39. The van der Waals surface area contributed by atoms with Crippen molar-refractivity contribution in [2.45, 2.75) is 54.5 Å². The molecular formula is C17H29N. The average Bonchev–Trinajstić information content (AvgIpc) is 2.40. The third-order valence-electron chi connectivity index (χ3n) is 2.80. The first kappa shape index (κ1) is 16.9. The molecule has 0 amide bonds. The van der Waals surface area contributed by atoms with Gasteiger partial charge in [0.15, 0.2) is 0 Å². The summed E-state index contributed by atoms with van der Waals surface area (Å²) in [4.78, 5) is 0. The first-order chi connectivity index (χ1) is 8.69. The highest BCUT2D eigenvalue weighted by atomic mass is 14.8. The Hall–Kier alpha value is -1.08. The molecule has 0 bridgehead atoms. The van der Waals surface area contributed by atoms with Crippen LogP contribution < -0.4 is 5.32 Å². The lowest BCUT2D eigenvalue weighted by atomic mass is 9.98. The summed E-state index contributed by atoms with van der Waals surface area (Å²) in [5.74, 6) is 0. The summed E-state index contributed by atoms with van der Waals surface area (Å²) in [5, 5.41) is 3.39. The number of allylic oxidation sites excluding steroid dienone is 1. The van der Waals surface area contributed by atoms with Crippen LogP contribution in [0.2, 0.25) is 0 Å². The molecule has 1 aromatic rings. The minimum absolute atomic E-state index is 0.969. The molecule has 0 radical (unpaired) electrons. The number of aryl methyl sites for hydroxylation is 1. The molecule has 1 N–H and O–H groups in total. The largest absolute Gasteiger partial charge is 0.313 e. The van der Waals surface area contributed by atoms with Crippen molar-refractivity contribution in [2.75, 3.05) is 6.54 Å². The maximum Gasteiger partial charge on any atom is 0.0208 e. The third kappa shape index (κ3) is 5.50. The molecule has 0 saturated heterocycles. The second kappa shape index (κ2) is 9.90. The van der Waals surface area contributed by atoms with Gasteiger partial charge in [0.05, 0.1) is 0 Å². The highest BCUT2D eigenvalue weighted by Crippen LogP contribution is 2.18. The molecule has 0 atom stereocenters. The molecule has 0 aliphatic rings. The Morgan fingerprint density at radius 3 is 2.33 bits per heavy atom. The summed E-state index contributed by atoms with van der Waals surface area (Å²) in [5.41, 5.74) is 5.51. The van der Waals surface area contributed by atoms with Gasteiger partial charge in [0.2, 0.25) is 0 Å². The SMILES string of the molecule is CC.CC/C=C\c1cc(C)cc(CNCC)c1C. The first-order valence-electron chi connectivity index (χ1n) is 7.16. The van der Waals surface area contributed by atoms with Crippen molar-refractivity contribution in [1.29, 1.82) is 0 Å². The summed E-state index contributed by atoms with van der Waals surface area (Å²) in [6.45, 7) is 14.7. The number of hydrogen-bond acceptors (Lipinski definition) is 1. The normalized spacial score (nSPS) is 10.3. The zero-order valence-electron chi connectivity index (χ0n) is 12.9. The Morgan fingerprint density at radius 2 is 1.78 bits per heavy atom. The van der Waals surface area contributed by atoms with E-state index in [-0.39, 0.29) is 0 Å². The standard InChI is InChI=1S/C15H23N.C2H6/c1-5-7-8-14-9-12(3)10-15(13(14)4)11-16-6-2;1-2/h7-10,16H,5-6,11H2,1-4H3;1-2H3/b8-7-;. The Kier molecular flexibility index (Phi) is 9.31. The molecular weight excluding hydrogens is 218 g/mol. The van der Waals surface area contributed by atoms with Gasteiger partial charge in [0.1, 0.15) is 0 Å². The van der Waals surface area contributed by atoms with Crippen LogP contribution in [0.25, 0.3) is 6.08 Å². The van der Waals surface area contributed by atoms with Crippen molar-refractivity contribution in [3.8, 4) is 0 Å². The van der Waals surface area contributed by atoms with Crippen LogP contribution in [0.3, 0.4) is 0 Å². The van der Waals surface area contributed by atoms with E-state index in [4.69, 9.17) is 0 Å². The van der Waals surface area contributed by atoms with Gasteiger partial charge >= 0.3 is 0 Å². The molecule has 1 aromatic carbocycles. The summed E-state index contributed by atoms with van der Waals surface area (Å²) in [7, 11) is 0. The molecule has 18 heavy (non-hydrogen) atoms. The van der Waals surface area contributed by atoms with E-state index in [9.17, 15) is 0 Å². The predicted molar refractivity (Wildman–Crippen MR) is 84.0 cm³/mol. The molecule has 0 aliphatic carbocycles. The molecule has 1 heteroatoms. The quantitative estimate of drug-likeness (QED) is 0.783. The van der Waals surface area contributed by atoms with Gasteiger partial charge in [-0.05, 0) is 43.5 Å². The van der Waals surface area contributed by atoms with Gasteiger partial charge in [-0.1, -0.05) is 57.5 Å². The topological polar surface area (TPSA) is 12.0 Å². The number of benzene rings is 1. The molecule has 0 spiro atoms. The van der Waals surface area contributed by atoms with E-state index in [0.717, 1.165) is 19.5 Å². The lowest BCUT2D eigenvalue weighted by Gasteiger charge is -2.11. The van der Waals surface area contributed by atoms with Gasteiger partial charge in [-0.15, -0.1) is 0 Å². The second-order valence-electron chi connectivity index (χ2n) is 4.23. The van der Waals surface area contributed by atoms with E-state index in [1.54, 1.807) is 0 Å². The van der Waals surface area contributed by atoms with Crippen LogP contribution in [0.4, 0.5) is 0 Å². The van der Waals surface area contributed by atoms with Crippen LogP contribution in [0.1, 0.15) is 56.4 Å². The van der Waals surface area contributed by atoms with E-state index in [2.05, 4.69) is 57.3 Å². The molecule has 0 aliphatic heterocycles. The van der Waals surface area contributed by atoms with Crippen LogP contribution in [-0.2, 0) is 6.54 Å². The van der Waals surface area contributed by atoms with Gasteiger partial charge in [0, 0.05) is 6.54 Å². The predicted octanol–water partition coefficient (Wildman–Crippen LogP) is 4.86. The average molecular weight is 247 g/mol. The fraction of sp³-hybridized carbons (Fsp3) is 0.529. The Balaban J connectivity index is 0.00000137. The summed E-state index contributed by atoms with van der Waals surface area (Å²) in [6, 6.07) is 4.54. The molecule has 1 nitrogen and oxygen atoms in total. The van der Waals surface area contributed by atoms with Crippen molar-refractivity contribution in [3.05, 3.63) is 40.5 Å². The summed E-state index contributed by atoms with van der Waals surface area (Å²) < 4.78 is 0. The van der Waals surface area contributed by atoms with Gasteiger partial charge < -0.3 is 5.32 Å². The molecule has 1 rings (SSSR count). The Labute approximate surface area is 113 Å². The maximum atomic E-state index is 3.39. The molecule has 0 aromatic heterocycles. The van der Waals surface area contributed by atoms with Gasteiger partial charge in [-0.25, -0.2) is 0 Å². The highest BCUT2D eigenvalue weighted by molar-refractivity contribution is 5.57. The van der Waals surface area contributed by atoms with Gasteiger partial charge in [-0.2, -0.15) is 0 Å². The molecule has 102 valence electrons. The molecule has 0 heterocycles. The highest BCUT2D eigenvalue weighted by Gasteiger charge is 2.03. The number of rotatable bonds is 5. The van der Waals surface area contributed by atoms with Crippen LogP contribution in [0, 0.1) is 13.8 Å². The fourth-order valence-corrected chi connectivity index (χ4v) is 1.82. The molecule has 0 unspecified atom stereocenters. The fourth-order valence-electron chi connectivity index (χ4n) is 1.82. The second-order valence-corrected chi connectivity index (χ2v) is 4.23. The Bertz CT molecular complexity index is 364. The summed E-state index contributed by atoms with van der Waals surface area (Å²) in [6.07, 6.45) is 5.55. The van der Waals surface area contributed by atoms with Crippen LogP contribution in [0.15, 0.2) is 18.2 Å². The zero-order chi connectivity index (χ0) is 14.0. The van der Waals surface area contributed by atoms with Gasteiger partial charge in [-0.3, -0.25) is 0 Å². The van der Waals surface area contributed by atoms with Crippen molar-refractivity contribution in [1.82, 2.24) is 5.32 Å². The van der Waals surface area contributed by atoms with Crippen LogP contribution >= 0.6 is 0 Å². The van der Waals surface area contributed by atoms with E-state index in [1.165, 1.54) is 22.3 Å². The van der Waals surface area contributed by atoms with Gasteiger partial charge in [0.25, 0.3) is 0 Å². The smallest absolute Gasteiger partial charge is 0.0208 e. The van der Waals surface area contributed by atoms with E-state index in [1.807, 2.05) is 13.8 Å². The van der Waals surface area contributed by atoms with Crippen LogP contribution in [0.5, 0.6) is 0 Å². The van der Waals surface area contributed by atoms with E-state index < -0.39 is 0 Å². The zero-order valence-corrected chi connectivity index (χ0v) is 12.9. The number of nitrogens with one attached hydrogen (secondary N) is 1.